The molecule has 0 heterocycles. The van der Waals surface area contributed by atoms with E-state index in [1.807, 2.05) is 0 Å². The Morgan fingerprint density at radius 3 is 2.64 bits per heavy atom. The molecule has 0 aliphatic rings. The van der Waals surface area contributed by atoms with E-state index in [0.29, 0.717) is 6.42 Å². The minimum Gasteiger partial charge on any atom is -0.359 e. The maximum Gasteiger partial charge on any atom is 0.190 e. The van der Waals surface area contributed by atoms with Crippen molar-refractivity contribution in [3.63, 3.8) is 0 Å². The Morgan fingerprint density at radius 2 is 2.21 bits per heavy atom. The fourth-order valence-electron chi connectivity index (χ4n) is 1.01. The molecule has 0 aromatic carbocycles. The normalized spacial score (nSPS) is 13.6. The van der Waals surface area contributed by atoms with Crippen molar-refractivity contribution in [2.75, 3.05) is 20.6 Å². The number of nitrogens with two attached hydrogens (primary N) is 1. The second-order valence-electron chi connectivity index (χ2n) is 3.11. The summed E-state index contributed by atoms with van der Waals surface area (Å²) in [5.41, 5.74) is 5.58. The molecule has 0 aliphatic heterocycles. The molecule has 0 saturated carbocycles. The number of guanidine groups is 1. The number of hydrogen-bond donors (Lipinski definition) is 3. The first-order chi connectivity index (χ1) is 6.61. The molecule has 0 rings (SSSR count). The lowest BCUT2D eigenvalue weighted by Gasteiger charge is -2.10. The SMILES string of the molecule is CN=C(NC)NCCC[C@H](N)C(C)=O. The van der Waals surface area contributed by atoms with E-state index < -0.39 is 0 Å². The highest BCUT2D eigenvalue weighted by Gasteiger charge is 2.06. The Balaban J connectivity index is 3.51. The van der Waals surface area contributed by atoms with Crippen LogP contribution in [0.2, 0.25) is 0 Å². The van der Waals surface area contributed by atoms with Crippen molar-refractivity contribution in [2.45, 2.75) is 25.8 Å². The number of nitrogens with zero attached hydrogens (tertiary/aromatic N) is 1. The average Bonchev–Trinajstić information content (AvgIpc) is 2.17. The van der Waals surface area contributed by atoms with E-state index in [0.717, 1.165) is 18.9 Å². The van der Waals surface area contributed by atoms with Crippen LogP contribution in [0, 0.1) is 0 Å². The van der Waals surface area contributed by atoms with Gasteiger partial charge in [-0.05, 0) is 19.8 Å². The zero-order valence-corrected chi connectivity index (χ0v) is 9.13. The Kier molecular flexibility index (Phi) is 6.74. The zero-order valence-electron chi connectivity index (χ0n) is 9.13. The summed E-state index contributed by atoms with van der Waals surface area (Å²) < 4.78 is 0. The lowest BCUT2D eigenvalue weighted by atomic mass is 10.1. The van der Waals surface area contributed by atoms with Gasteiger partial charge in [0.2, 0.25) is 0 Å². The molecule has 14 heavy (non-hydrogen) atoms. The average molecular weight is 200 g/mol. The van der Waals surface area contributed by atoms with E-state index in [1.165, 1.54) is 6.92 Å². The number of nitrogens with one attached hydrogen (secondary N) is 2. The van der Waals surface area contributed by atoms with Gasteiger partial charge >= 0.3 is 0 Å². The van der Waals surface area contributed by atoms with Crippen molar-refractivity contribution in [1.82, 2.24) is 10.6 Å². The van der Waals surface area contributed by atoms with Crippen molar-refractivity contribution in [3.8, 4) is 0 Å². The highest BCUT2D eigenvalue weighted by atomic mass is 16.1. The predicted octanol–water partition coefficient (Wildman–Crippen LogP) is -0.522. The molecule has 0 fully saturated rings. The largest absolute Gasteiger partial charge is 0.359 e. The van der Waals surface area contributed by atoms with Crippen molar-refractivity contribution < 1.29 is 4.79 Å². The van der Waals surface area contributed by atoms with E-state index in [9.17, 15) is 4.79 Å². The summed E-state index contributed by atoms with van der Waals surface area (Å²) in [6, 6.07) is -0.326. The second kappa shape index (κ2) is 7.32. The van der Waals surface area contributed by atoms with Crippen LogP contribution in [0.25, 0.3) is 0 Å². The second-order valence-corrected chi connectivity index (χ2v) is 3.11. The van der Waals surface area contributed by atoms with E-state index in [1.54, 1.807) is 14.1 Å². The molecule has 82 valence electrons. The quantitative estimate of drug-likeness (QED) is 0.317. The minimum absolute atomic E-state index is 0.0444. The van der Waals surface area contributed by atoms with Crippen LogP contribution in [0.15, 0.2) is 4.99 Å². The van der Waals surface area contributed by atoms with Crippen molar-refractivity contribution >= 4 is 11.7 Å². The van der Waals surface area contributed by atoms with Crippen LogP contribution in [0.1, 0.15) is 19.8 Å². The third kappa shape index (κ3) is 5.53. The standard InChI is InChI=1S/C9H20N4O/c1-7(14)8(10)5-4-6-13-9(11-2)12-3/h8H,4-6,10H2,1-3H3,(H2,11,12,13)/t8-/m0/s1. The molecule has 0 spiro atoms. The molecule has 0 radical (unpaired) electrons. The first-order valence-electron chi connectivity index (χ1n) is 4.76. The molecule has 4 N–H and O–H groups in total. The van der Waals surface area contributed by atoms with Gasteiger partial charge in [-0.15, -0.1) is 0 Å². The fourth-order valence-corrected chi connectivity index (χ4v) is 1.01. The van der Waals surface area contributed by atoms with Crippen LogP contribution < -0.4 is 16.4 Å². The van der Waals surface area contributed by atoms with Gasteiger partial charge < -0.3 is 16.4 Å². The van der Waals surface area contributed by atoms with E-state index in [-0.39, 0.29) is 11.8 Å². The number of rotatable bonds is 5. The number of carbonyl (C=O) groups excluding carboxylic acids is 1. The fraction of sp³-hybridized carbons (Fsp3) is 0.778. The van der Waals surface area contributed by atoms with E-state index in [2.05, 4.69) is 15.6 Å². The molecule has 0 aromatic heterocycles. The molecule has 1 atom stereocenters. The van der Waals surface area contributed by atoms with Gasteiger partial charge in [0.1, 0.15) is 5.78 Å². The Hall–Kier alpha value is -1.10. The summed E-state index contributed by atoms with van der Waals surface area (Å²) >= 11 is 0. The van der Waals surface area contributed by atoms with Crippen molar-refractivity contribution in [1.29, 1.82) is 0 Å². The van der Waals surface area contributed by atoms with Crippen LogP contribution in [0.5, 0.6) is 0 Å². The zero-order chi connectivity index (χ0) is 11.0. The smallest absolute Gasteiger partial charge is 0.190 e. The molecule has 0 amide bonds. The monoisotopic (exact) mass is 200 g/mol. The molecule has 5 heteroatoms. The molecule has 0 bridgehead atoms. The van der Waals surface area contributed by atoms with Gasteiger partial charge in [0, 0.05) is 20.6 Å². The Morgan fingerprint density at radius 1 is 1.57 bits per heavy atom. The number of aliphatic imine (C=N–C) groups is 1. The Bertz CT molecular complexity index is 203. The topological polar surface area (TPSA) is 79.5 Å². The van der Waals surface area contributed by atoms with Crippen LogP contribution in [0.3, 0.4) is 0 Å². The highest BCUT2D eigenvalue weighted by molar-refractivity contribution is 5.81. The summed E-state index contributed by atoms with van der Waals surface area (Å²) in [4.78, 5) is 14.8. The minimum atomic E-state index is -0.326. The molecular weight excluding hydrogens is 180 g/mol. The van der Waals surface area contributed by atoms with Crippen LogP contribution in [-0.4, -0.2) is 38.4 Å². The number of ketones is 1. The lowest BCUT2D eigenvalue weighted by molar-refractivity contribution is -0.118. The van der Waals surface area contributed by atoms with Gasteiger partial charge in [-0.3, -0.25) is 9.79 Å². The van der Waals surface area contributed by atoms with Gasteiger partial charge in [-0.2, -0.15) is 0 Å². The summed E-state index contributed by atoms with van der Waals surface area (Å²) in [6.45, 7) is 2.29. The molecular formula is C9H20N4O. The molecule has 0 aromatic rings. The summed E-state index contributed by atoms with van der Waals surface area (Å²) in [6.07, 6.45) is 1.57. The first kappa shape index (κ1) is 12.9. The van der Waals surface area contributed by atoms with Crippen LogP contribution in [0.4, 0.5) is 0 Å². The number of carbonyl (C=O) groups is 1. The lowest BCUT2D eigenvalue weighted by Crippen LogP contribution is -2.36. The van der Waals surface area contributed by atoms with Gasteiger partial charge in [-0.25, -0.2) is 0 Å². The number of hydrogen-bond acceptors (Lipinski definition) is 3. The van der Waals surface area contributed by atoms with E-state index >= 15 is 0 Å². The van der Waals surface area contributed by atoms with Gasteiger partial charge in [-0.1, -0.05) is 0 Å². The summed E-state index contributed by atoms with van der Waals surface area (Å²) in [5, 5.41) is 5.99. The van der Waals surface area contributed by atoms with Crippen molar-refractivity contribution in [3.05, 3.63) is 0 Å². The van der Waals surface area contributed by atoms with Gasteiger partial charge in [0.05, 0.1) is 6.04 Å². The molecule has 0 unspecified atom stereocenters. The third-order valence-corrected chi connectivity index (χ3v) is 1.97. The van der Waals surface area contributed by atoms with Gasteiger partial charge in [0.25, 0.3) is 0 Å². The highest BCUT2D eigenvalue weighted by Crippen LogP contribution is 1.93. The molecule has 0 aliphatic carbocycles. The third-order valence-electron chi connectivity index (χ3n) is 1.97. The summed E-state index contributed by atoms with van der Waals surface area (Å²) in [5.74, 6) is 0.796. The Labute approximate surface area is 85.2 Å². The number of Topliss-reactive ketones (excluding diaryl/α,β-unsaturated/α-hetero) is 1. The summed E-state index contributed by atoms with van der Waals surface area (Å²) in [7, 11) is 3.51. The van der Waals surface area contributed by atoms with Crippen LogP contribution in [-0.2, 0) is 4.79 Å². The van der Waals surface area contributed by atoms with E-state index in [4.69, 9.17) is 5.73 Å². The first-order valence-corrected chi connectivity index (χ1v) is 4.76. The maximum absolute atomic E-state index is 10.8. The van der Waals surface area contributed by atoms with Gasteiger partial charge in [0.15, 0.2) is 5.96 Å². The van der Waals surface area contributed by atoms with Crippen LogP contribution >= 0.6 is 0 Å². The molecule has 0 saturated heterocycles. The predicted molar refractivity (Wildman–Crippen MR) is 58.3 cm³/mol. The van der Waals surface area contributed by atoms with Crippen molar-refractivity contribution in [2.24, 2.45) is 10.7 Å². The molecule has 5 nitrogen and oxygen atoms in total. The maximum atomic E-state index is 10.8.